The highest BCUT2D eigenvalue weighted by Crippen LogP contribution is 2.37. The highest BCUT2D eigenvalue weighted by molar-refractivity contribution is 5.79. The maximum absolute atomic E-state index is 12.9. The summed E-state index contributed by atoms with van der Waals surface area (Å²) in [6.07, 6.45) is 3.04. The number of hydrogen-bond donors (Lipinski definition) is 0. The van der Waals surface area contributed by atoms with Crippen LogP contribution >= 0.6 is 0 Å². The van der Waals surface area contributed by atoms with Gasteiger partial charge in [0.1, 0.15) is 11.3 Å². The fourth-order valence-electron chi connectivity index (χ4n) is 4.01. The minimum absolute atomic E-state index is 0.0861. The summed E-state index contributed by atoms with van der Waals surface area (Å²) in [5.41, 5.74) is 1.96. The Hall–Kier alpha value is -2.95. The van der Waals surface area contributed by atoms with E-state index in [1.807, 2.05) is 53.4 Å². The van der Waals surface area contributed by atoms with Gasteiger partial charge in [-0.05, 0) is 42.7 Å². The van der Waals surface area contributed by atoms with Crippen LogP contribution in [0.2, 0.25) is 0 Å². The van der Waals surface area contributed by atoms with Crippen LogP contribution < -0.4 is 9.47 Å². The number of aryl methyl sites for hydroxylation is 1. The minimum Gasteiger partial charge on any atom is -0.493 e. The van der Waals surface area contributed by atoms with Crippen molar-refractivity contribution in [1.82, 2.24) is 4.90 Å². The Morgan fingerprint density at radius 3 is 2.71 bits per heavy atom. The molecule has 1 fully saturated rings. The van der Waals surface area contributed by atoms with Crippen LogP contribution in [0.15, 0.2) is 52.9 Å². The first-order valence-corrected chi connectivity index (χ1v) is 9.68. The second-order valence-electron chi connectivity index (χ2n) is 7.11. The summed E-state index contributed by atoms with van der Waals surface area (Å²) in [4.78, 5) is 14.9. The van der Waals surface area contributed by atoms with E-state index in [4.69, 9.17) is 13.9 Å². The number of furan rings is 1. The Balaban J connectivity index is 1.46. The number of carbonyl (C=O) groups is 1. The molecule has 1 unspecified atom stereocenters. The molecule has 5 heteroatoms. The number of carbonyl (C=O) groups excluding carboxylic acids is 1. The van der Waals surface area contributed by atoms with Crippen molar-refractivity contribution in [3.8, 4) is 11.5 Å². The number of methoxy groups -OCH3 is 2. The lowest BCUT2D eigenvalue weighted by atomic mass is 10.0. The Kier molecular flexibility index (Phi) is 5.24. The molecule has 1 aliphatic rings. The molecule has 0 N–H and O–H groups in total. The number of likely N-dealkylation sites (tertiary alicyclic amines) is 1. The third kappa shape index (κ3) is 3.57. The first-order chi connectivity index (χ1) is 13.7. The molecule has 2 heterocycles. The van der Waals surface area contributed by atoms with Crippen LogP contribution in [-0.2, 0) is 11.2 Å². The molecule has 0 spiro atoms. The van der Waals surface area contributed by atoms with Crippen molar-refractivity contribution in [2.24, 2.45) is 0 Å². The molecule has 4 rings (SSSR count). The topological polar surface area (TPSA) is 51.9 Å². The molecular weight excluding hydrogens is 354 g/mol. The summed E-state index contributed by atoms with van der Waals surface area (Å²) in [7, 11) is 3.26. The average molecular weight is 379 g/mol. The molecule has 146 valence electrons. The fourth-order valence-corrected chi connectivity index (χ4v) is 4.01. The highest BCUT2D eigenvalue weighted by Gasteiger charge is 2.30. The van der Waals surface area contributed by atoms with Crippen molar-refractivity contribution in [2.75, 3.05) is 20.8 Å². The molecule has 1 saturated heterocycles. The van der Waals surface area contributed by atoms with Gasteiger partial charge >= 0.3 is 0 Å². The van der Waals surface area contributed by atoms with E-state index in [0.29, 0.717) is 24.3 Å². The van der Waals surface area contributed by atoms with Gasteiger partial charge in [0, 0.05) is 24.8 Å². The Bertz CT molecular complexity index is 945. The van der Waals surface area contributed by atoms with Crippen molar-refractivity contribution in [2.45, 2.75) is 31.7 Å². The fraction of sp³-hybridized carbons (Fsp3) is 0.348. The standard InChI is InChI=1S/C23H25NO4/c1-26-21-11-9-16(15-22(21)27-2)19-7-5-13-24(19)23(25)12-10-18-14-17-6-3-4-8-20(17)28-18/h3-4,6,8-9,11,14-15,19H,5,7,10,12-13H2,1-2H3. The summed E-state index contributed by atoms with van der Waals surface area (Å²) in [5.74, 6) is 2.42. The Morgan fingerprint density at radius 1 is 1.11 bits per heavy atom. The number of nitrogens with zero attached hydrogens (tertiary/aromatic N) is 1. The predicted molar refractivity (Wildman–Crippen MR) is 108 cm³/mol. The number of fused-ring (bicyclic) bond motifs is 1. The molecule has 2 aromatic carbocycles. The molecule has 1 aromatic heterocycles. The van der Waals surface area contributed by atoms with Gasteiger partial charge in [-0.3, -0.25) is 4.79 Å². The number of para-hydroxylation sites is 1. The van der Waals surface area contributed by atoms with Crippen molar-refractivity contribution in [3.63, 3.8) is 0 Å². The average Bonchev–Trinajstić information content (AvgIpc) is 3.38. The SMILES string of the molecule is COc1ccc(C2CCCN2C(=O)CCc2cc3ccccc3o2)cc1OC. The molecule has 28 heavy (non-hydrogen) atoms. The van der Waals surface area contributed by atoms with Gasteiger partial charge in [-0.1, -0.05) is 24.3 Å². The lowest BCUT2D eigenvalue weighted by Gasteiger charge is -2.25. The summed E-state index contributed by atoms with van der Waals surface area (Å²) >= 11 is 0. The predicted octanol–water partition coefficient (Wildman–Crippen LogP) is 4.75. The summed E-state index contributed by atoms with van der Waals surface area (Å²) in [6.45, 7) is 0.790. The van der Waals surface area contributed by atoms with Gasteiger partial charge in [0.05, 0.1) is 20.3 Å². The molecule has 1 atom stereocenters. The van der Waals surface area contributed by atoms with Crippen molar-refractivity contribution in [1.29, 1.82) is 0 Å². The van der Waals surface area contributed by atoms with Gasteiger partial charge < -0.3 is 18.8 Å². The van der Waals surface area contributed by atoms with Crippen LogP contribution in [-0.4, -0.2) is 31.6 Å². The maximum atomic E-state index is 12.9. The molecule has 3 aromatic rings. The molecule has 0 aliphatic carbocycles. The smallest absolute Gasteiger partial charge is 0.223 e. The van der Waals surface area contributed by atoms with Crippen LogP contribution in [0.3, 0.4) is 0 Å². The van der Waals surface area contributed by atoms with E-state index in [1.54, 1.807) is 14.2 Å². The monoisotopic (exact) mass is 379 g/mol. The molecular formula is C23H25NO4. The van der Waals surface area contributed by atoms with Crippen molar-refractivity contribution < 1.29 is 18.7 Å². The van der Waals surface area contributed by atoms with Crippen LogP contribution in [0.4, 0.5) is 0 Å². The zero-order chi connectivity index (χ0) is 19.5. The van der Waals surface area contributed by atoms with E-state index in [2.05, 4.69) is 0 Å². The van der Waals surface area contributed by atoms with Gasteiger partial charge in [0.2, 0.25) is 5.91 Å². The zero-order valence-corrected chi connectivity index (χ0v) is 16.3. The minimum atomic E-state index is 0.0861. The Morgan fingerprint density at radius 2 is 1.93 bits per heavy atom. The van der Waals surface area contributed by atoms with E-state index < -0.39 is 0 Å². The van der Waals surface area contributed by atoms with Crippen LogP contribution in [0, 0.1) is 0 Å². The summed E-state index contributed by atoms with van der Waals surface area (Å²) < 4.78 is 16.6. The van der Waals surface area contributed by atoms with E-state index in [0.717, 1.165) is 41.7 Å². The lowest BCUT2D eigenvalue weighted by molar-refractivity contribution is -0.132. The normalized spacial score (nSPS) is 16.5. The molecule has 1 amide bonds. The van der Waals surface area contributed by atoms with E-state index in [9.17, 15) is 4.79 Å². The third-order valence-corrected chi connectivity index (χ3v) is 5.43. The van der Waals surface area contributed by atoms with E-state index >= 15 is 0 Å². The van der Waals surface area contributed by atoms with Gasteiger partial charge in [-0.15, -0.1) is 0 Å². The third-order valence-electron chi connectivity index (χ3n) is 5.43. The molecule has 5 nitrogen and oxygen atoms in total. The van der Waals surface area contributed by atoms with Crippen molar-refractivity contribution in [3.05, 3.63) is 59.9 Å². The number of ether oxygens (including phenoxy) is 2. The highest BCUT2D eigenvalue weighted by atomic mass is 16.5. The number of rotatable bonds is 6. The van der Waals surface area contributed by atoms with Crippen LogP contribution in [0.25, 0.3) is 11.0 Å². The molecule has 0 saturated carbocycles. The van der Waals surface area contributed by atoms with Gasteiger partial charge in [0.15, 0.2) is 11.5 Å². The van der Waals surface area contributed by atoms with Gasteiger partial charge in [-0.25, -0.2) is 0 Å². The zero-order valence-electron chi connectivity index (χ0n) is 16.3. The van der Waals surface area contributed by atoms with E-state index in [1.165, 1.54) is 0 Å². The van der Waals surface area contributed by atoms with Crippen molar-refractivity contribution >= 4 is 16.9 Å². The maximum Gasteiger partial charge on any atom is 0.223 e. The summed E-state index contributed by atoms with van der Waals surface area (Å²) in [5, 5.41) is 1.08. The molecule has 1 aliphatic heterocycles. The van der Waals surface area contributed by atoms with E-state index in [-0.39, 0.29) is 11.9 Å². The second-order valence-corrected chi connectivity index (χ2v) is 7.11. The van der Waals surface area contributed by atoms with Crippen LogP contribution in [0.5, 0.6) is 11.5 Å². The summed E-state index contributed by atoms with van der Waals surface area (Å²) in [6, 6.07) is 15.9. The number of benzene rings is 2. The number of hydrogen-bond acceptors (Lipinski definition) is 4. The molecule has 0 bridgehead atoms. The molecule has 0 radical (unpaired) electrons. The Labute approximate surface area is 164 Å². The first-order valence-electron chi connectivity index (χ1n) is 9.68. The first kappa shape index (κ1) is 18.4. The lowest BCUT2D eigenvalue weighted by Crippen LogP contribution is -2.30. The van der Waals surface area contributed by atoms with Gasteiger partial charge in [0.25, 0.3) is 0 Å². The number of amides is 1. The largest absolute Gasteiger partial charge is 0.493 e. The second kappa shape index (κ2) is 7.97. The van der Waals surface area contributed by atoms with Crippen LogP contribution in [0.1, 0.15) is 36.6 Å². The van der Waals surface area contributed by atoms with Gasteiger partial charge in [-0.2, -0.15) is 0 Å². The quantitative estimate of drug-likeness (QED) is 0.620.